The number of thiazole rings is 1. The number of aliphatic imine (C=N–C) groups is 1. The Morgan fingerprint density at radius 2 is 1.92 bits per heavy atom. The summed E-state index contributed by atoms with van der Waals surface area (Å²) in [6, 6.07) is 16.3. The number of hydrogen-bond acceptors (Lipinski definition) is 3. The zero-order chi connectivity index (χ0) is 16.9. The first-order chi connectivity index (χ1) is 11.6. The van der Waals surface area contributed by atoms with Crippen molar-refractivity contribution in [1.29, 1.82) is 0 Å². The average molecular weight is 336 g/mol. The van der Waals surface area contributed by atoms with Gasteiger partial charge in [-0.25, -0.2) is 9.98 Å². The SMILES string of the molecule is Cc1ccc(NC(N)=NCc2nc(-c3ccccc3)cs2)cc1C. The van der Waals surface area contributed by atoms with Gasteiger partial charge in [0.15, 0.2) is 5.96 Å². The highest BCUT2D eigenvalue weighted by Gasteiger charge is 2.04. The molecule has 24 heavy (non-hydrogen) atoms. The van der Waals surface area contributed by atoms with E-state index >= 15 is 0 Å². The summed E-state index contributed by atoms with van der Waals surface area (Å²) in [5.41, 5.74) is 11.5. The molecule has 0 unspecified atom stereocenters. The normalized spacial score (nSPS) is 11.5. The molecule has 3 rings (SSSR count). The summed E-state index contributed by atoms with van der Waals surface area (Å²) in [6.45, 7) is 4.64. The Morgan fingerprint density at radius 3 is 2.67 bits per heavy atom. The van der Waals surface area contributed by atoms with Gasteiger partial charge >= 0.3 is 0 Å². The average Bonchev–Trinajstić information content (AvgIpc) is 3.06. The van der Waals surface area contributed by atoms with Crippen LogP contribution in [0.4, 0.5) is 5.69 Å². The standard InChI is InChI=1S/C19H20N4S/c1-13-8-9-16(10-14(13)2)22-19(20)21-11-18-23-17(12-24-18)15-6-4-3-5-7-15/h3-10,12H,11H2,1-2H3,(H3,20,21,22). The van der Waals surface area contributed by atoms with Crippen LogP contribution in [0.5, 0.6) is 0 Å². The molecular formula is C19H20N4S. The fourth-order valence-electron chi connectivity index (χ4n) is 2.28. The highest BCUT2D eigenvalue weighted by atomic mass is 32.1. The molecule has 5 heteroatoms. The van der Waals surface area contributed by atoms with E-state index in [0.29, 0.717) is 12.5 Å². The lowest BCUT2D eigenvalue weighted by Gasteiger charge is -2.07. The molecule has 0 radical (unpaired) electrons. The first kappa shape index (κ1) is 16.2. The quantitative estimate of drug-likeness (QED) is 0.550. The Bertz CT molecular complexity index is 853. The summed E-state index contributed by atoms with van der Waals surface area (Å²) in [7, 11) is 0. The number of benzene rings is 2. The van der Waals surface area contributed by atoms with Crippen molar-refractivity contribution in [1.82, 2.24) is 4.98 Å². The predicted octanol–water partition coefficient (Wildman–Crippen LogP) is 4.35. The molecule has 0 aliphatic carbocycles. The van der Waals surface area contributed by atoms with Crippen LogP contribution in [-0.2, 0) is 6.54 Å². The van der Waals surface area contributed by atoms with Crippen molar-refractivity contribution >= 4 is 23.0 Å². The second kappa shape index (κ2) is 7.27. The van der Waals surface area contributed by atoms with E-state index in [1.54, 1.807) is 11.3 Å². The van der Waals surface area contributed by atoms with Crippen molar-refractivity contribution in [3.05, 3.63) is 70.0 Å². The number of hydrogen-bond donors (Lipinski definition) is 2. The Balaban J connectivity index is 1.65. The molecule has 0 saturated carbocycles. The van der Waals surface area contributed by atoms with Gasteiger partial charge in [-0.15, -0.1) is 11.3 Å². The van der Waals surface area contributed by atoms with E-state index in [9.17, 15) is 0 Å². The van der Waals surface area contributed by atoms with Crippen LogP contribution < -0.4 is 11.1 Å². The van der Waals surface area contributed by atoms with Gasteiger partial charge in [-0.3, -0.25) is 0 Å². The van der Waals surface area contributed by atoms with E-state index in [1.807, 2.05) is 29.6 Å². The largest absolute Gasteiger partial charge is 0.370 e. The highest BCUT2D eigenvalue weighted by Crippen LogP contribution is 2.22. The number of rotatable bonds is 4. The van der Waals surface area contributed by atoms with Gasteiger partial charge in [-0.05, 0) is 37.1 Å². The lowest BCUT2D eigenvalue weighted by atomic mass is 10.1. The summed E-state index contributed by atoms with van der Waals surface area (Å²) in [5, 5.41) is 6.12. The minimum Gasteiger partial charge on any atom is -0.370 e. The fraction of sp³-hybridized carbons (Fsp3) is 0.158. The van der Waals surface area contributed by atoms with Crippen molar-refractivity contribution in [3.63, 3.8) is 0 Å². The summed E-state index contributed by atoms with van der Waals surface area (Å²) in [5.74, 6) is 0.398. The summed E-state index contributed by atoms with van der Waals surface area (Å²) < 4.78 is 0. The lowest BCUT2D eigenvalue weighted by molar-refractivity contribution is 1.03. The first-order valence-corrected chi connectivity index (χ1v) is 8.64. The Hall–Kier alpha value is -2.66. The van der Waals surface area contributed by atoms with E-state index in [1.165, 1.54) is 11.1 Å². The predicted molar refractivity (Wildman–Crippen MR) is 102 cm³/mol. The van der Waals surface area contributed by atoms with Gasteiger partial charge in [0.1, 0.15) is 5.01 Å². The van der Waals surface area contributed by atoms with E-state index < -0.39 is 0 Å². The number of aryl methyl sites for hydroxylation is 2. The van der Waals surface area contributed by atoms with E-state index in [2.05, 4.69) is 53.4 Å². The van der Waals surface area contributed by atoms with Gasteiger partial charge in [0.25, 0.3) is 0 Å². The summed E-state index contributed by atoms with van der Waals surface area (Å²) >= 11 is 1.60. The third-order valence-electron chi connectivity index (χ3n) is 3.79. The molecule has 3 N–H and O–H groups in total. The number of aromatic nitrogens is 1. The molecular weight excluding hydrogens is 316 g/mol. The highest BCUT2D eigenvalue weighted by molar-refractivity contribution is 7.09. The van der Waals surface area contributed by atoms with Crippen molar-refractivity contribution in [2.24, 2.45) is 10.7 Å². The van der Waals surface area contributed by atoms with E-state index in [4.69, 9.17) is 5.73 Å². The molecule has 122 valence electrons. The molecule has 2 aromatic carbocycles. The molecule has 1 aromatic heterocycles. The minimum atomic E-state index is 0.398. The number of nitrogens with one attached hydrogen (secondary N) is 1. The van der Waals surface area contributed by atoms with Gasteiger partial charge in [0.2, 0.25) is 0 Å². The molecule has 0 fully saturated rings. The van der Waals surface area contributed by atoms with E-state index in [-0.39, 0.29) is 0 Å². The molecule has 0 spiro atoms. The maximum Gasteiger partial charge on any atom is 0.193 e. The van der Waals surface area contributed by atoms with Crippen molar-refractivity contribution in [2.75, 3.05) is 5.32 Å². The number of nitrogens with zero attached hydrogens (tertiary/aromatic N) is 2. The summed E-state index contributed by atoms with van der Waals surface area (Å²) in [6.07, 6.45) is 0. The maximum absolute atomic E-state index is 5.98. The van der Waals surface area contributed by atoms with Crippen LogP contribution in [0, 0.1) is 13.8 Å². The zero-order valence-electron chi connectivity index (χ0n) is 13.8. The maximum atomic E-state index is 5.98. The van der Waals surface area contributed by atoms with E-state index in [0.717, 1.165) is 22.0 Å². The Kier molecular flexibility index (Phi) is 4.91. The van der Waals surface area contributed by atoms with Gasteiger partial charge in [-0.1, -0.05) is 36.4 Å². The minimum absolute atomic E-state index is 0.398. The molecule has 0 atom stereocenters. The van der Waals surface area contributed by atoms with Crippen molar-refractivity contribution < 1.29 is 0 Å². The second-order valence-corrected chi connectivity index (χ2v) is 6.56. The Labute approximate surface area is 146 Å². The van der Waals surface area contributed by atoms with Crippen LogP contribution in [0.15, 0.2) is 58.9 Å². The topological polar surface area (TPSA) is 63.3 Å². The van der Waals surface area contributed by atoms with Gasteiger partial charge in [-0.2, -0.15) is 0 Å². The van der Waals surface area contributed by atoms with Gasteiger partial charge in [0.05, 0.1) is 12.2 Å². The van der Waals surface area contributed by atoms with Crippen LogP contribution in [0.25, 0.3) is 11.3 Å². The molecule has 3 aromatic rings. The van der Waals surface area contributed by atoms with Crippen molar-refractivity contribution in [3.8, 4) is 11.3 Å². The number of anilines is 1. The second-order valence-electron chi connectivity index (χ2n) is 5.62. The molecule has 4 nitrogen and oxygen atoms in total. The van der Waals surface area contributed by atoms with Crippen LogP contribution in [-0.4, -0.2) is 10.9 Å². The fourth-order valence-corrected chi connectivity index (χ4v) is 3.01. The van der Waals surface area contributed by atoms with Crippen LogP contribution >= 0.6 is 11.3 Å². The van der Waals surface area contributed by atoms with Crippen LogP contribution in [0.2, 0.25) is 0 Å². The van der Waals surface area contributed by atoms with Crippen LogP contribution in [0.3, 0.4) is 0 Å². The number of guanidine groups is 1. The summed E-state index contributed by atoms with van der Waals surface area (Å²) in [4.78, 5) is 8.99. The van der Waals surface area contributed by atoms with Crippen LogP contribution in [0.1, 0.15) is 16.1 Å². The monoisotopic (exact) mass is 336 g/mol. The molecule has 1 heterocycles. The third kappa shape index (κ3) is 4.00. The molecule has 0 aliphatic rings. The molecule has 0 aliphatic heterocycles. The third-order valence-corrected chi connectivity index (χ3v) is 4.62. The zero-order valence-corrected chi connectivity index (χ0v) is 14.6. The number of nitrogens with two attached hydrogens (primary N) is 1. The Morgan fingerprint density at radius 1 is 1.12 bits per heavy atom. The van der Waals surface area contributed by atoms with Gasteiger partial charge < -0.3 is 11.1 Å². The first-order valence-electron chi connectivity index (χ1n) is 7.76. The molecule has 0 amide bonds. The molecule has 0 saturated heterocycles. The molecule has 0 bridgehead atoms. The van der Waals surface area contributed by atoms with Gasteiger partial charge in [0, 0.05) is 16.6 Å². The smallest absolute Gasteiger partial charge is 0.193 e. The van der Waals surface area contributed by atoms with Crippen molar-refractivity contribution in [2.45, 2.75) is 20.4 Å². The lowest BCUT2D eigenvalue weighted by Crippen LogP contribution is -2.22.